The maximum Gasteiger partial charge on any atom is 0.337 e. The van der Waals surface area contributed by atoms with Gasteiger partial charge in [0.1, 0.15) is 0 Å². The molecule has 1 atom stereocenters. The highest BCUT2D eigenvalue weighted by Crippen LogP contribution is 2.42. The van der Waals surface area contributed by atoms with Crippen LogP contribution in [0.4, 0.5) is 4.39 Å². The SMILES string of the molecule is COc1cc(F)c(O)c(C(O)C(=O)O)c1OC. The van der Waals surface area contributed by atoms with Crippen molar-refractivity contribution in [3.63, 3.8) is 0 Å². The molecule has 0 radical (unpaired) electrons. The van der Waals surface area contributed by atoms with Gasteiger partial charge in [0.2, 0.25) is 0 Å². The Morgan fingerprint density at radius 2 is 2.00 bits per heavy atom. The smallest absolute Gasteiger partial charge is 0.337 e. The standard InChI is InChI=1S/C10H11FO6/c1-16-5-3-4(11)7(12)6(9(5)17-2)8(13)10(14)15/h3,8,12-13H,1-2H3,(H,14,15). The van der Waals surface area contributed by atoms with Gasteiger partial charge in [-0.25, -0.2) is 9.18 Å². The molecule has 0 aliphatic heterocycles. The van der Waals surface area contributed by atoms with Crippen LogP contribution in [0.15, 0.2) is 6.07 Å². The average Bonchev–Trinajstić information content (AvgIpc) is 2.30. The van der Waals surface area contributed by atoms with Gasteiger partial charge in [-0.2, -0.15) is 0 Å². The molecule has 0 amide bonds. The second kappa shape index (κ2) is 4.88. The molecule has 1 rings (SSSR count). The highest BCUT2D eigenvalue weighted by Gasteiger charge is 2.29. The van der Waals surface area contributed by atoms with Crippen LogP contribution in [-0.4, -0.2) is 35.5 Å². The summed E-state index contributed by atoms with van der Waals surface area (Å²) in [5, 5.41) is 27.4. The fourth-order valence-electron chi connectivity index (χ4n) is 1.36. The number of benzene rings is 1. The number of rotatable bonds is 4. The van der Waals surface area contributed by atoms with Crippen LogP contribution in [0.2, 0.25) is 0 Å². The molecule has 6 nitrogen and oxygen atoms in total. The minimum Gasteiger partial charge on any atom is -0.504 e. The Morgan fingerprint density at radius 3 is 2.41 bits per heavy atom. The molecule has 0 aliphatic carbocycles. The summed E-state index contributed by atoms with van der Waals surface area (Å²) in [4.78, 5) is 10.7. The van der Waals surface area contributed by atoms with E-state index in [1.165, 1.54) is 14.2 Å². The number of methoxy groups -OCH3 is 2. The summed E-state index contributed by atoms with van der Waals surface area (Å²) < 4.78 is 22.8. The number of phenols is 1. The Hall–Kier alpha value is -2.02. The number of ether oxygens (including phenoxy) is 2. The molecule has 1 aromatic carbocycles. The van der Waals surface area contributed by atoms with Crippen molar-refractivity contribution in [1.29, 1.82) is 0 Å². The molecule has 3 N–H and O–H groups in total. The first-order valence-electron chi connectivity index (χ1n) is 4.48. The van der Waals surface area contributed by atoms with Gasteiger partial charge in [-0.3, -0.25) is 0 Å². The van der Waals surface area contributed by atoms with Crippen molar-refractivity contribution in [2.75, 3.05) is 14.2 Å². The van der Waals surface area contributed by atoms with E-state index in [0.717, 1.165) is 6.07 Å². The Bertz CT molecular complexity index is 445. The number of carbonyl (C=O) groups is 1. The summed E-state index contributed by atoms with van der Waals surface area (Å²) in [6, 6.07) is 0.826. The van der Waals surface area contributed by atoms with Crippen molar-refractivity contribution >= 4 is 5.97 Å². The summed E-state index contributed by atoms with van der Waals surface area (Å²) in [6.45, 7) is 0. The first-order valence-corrected chi connectivity index (χ1v) is 4.48. The number of hydrogen-bond donors (Lipinski definition) is 3. The van der Waals surface area contributed by atoms with Gasteiger partial charge in [-0.1, -0.05) is 0 Å². The molecule has 94 valence electrons. The number of halogens is 1. The molecule has 0 aromatic heterocycles. The second-order valence-corrected chi connectivity index (χ2v) is 3.10. The summed E-state index contributed by atoms with van der Waals surface area (Å²) in [5.41, 5.74) is -0.586. The van der Waals surface area contributed by atoms with Crippen LogP contribution in [-0.2, 0) is 4.79 Å². The van der Waals surface area contributed by atoms with Crippen molar-refractivity contribution in [3.8, 4) is 17.2 Å². The molecular weight excluding hydrogens is 235 g/mol. The van der Waals surface area contributed by atoms with Crippen LogP contribution < -0.4 is 9.47 Å². The summed E-state index contributed by atoms with van der Waals surface area (Å²) in [7, 11) is 2.39. The maximum absolute atomic E-state index is 13.3. The fourth-order valence-corrected chi connectivity index (χ4v) is 1.36. The minimum atomic E-state index is -2.12. The first-order chi connectivity index (χ1) is 7.93. The molecule has 0 fully saturated rings. The third-order valence-electron chi connectivity index (χ3n) is 2.14. The zero-order valence-corrected chi connectivity index (χ0v) is 9.10. The van der Waals surface area contributed by atoms with Crippen LogP contribution in [0.5, 0.6) is 17.2 Å². The van der Waals surface area contributed by atoms with Gasteiger partial charge in [0.25, 0.3) is 0 Å². The zero-order valence-electron chi connectivity index (χ0n) is 9.10. The molecule has 0 spiro atoms. The normalized spacial score (nSPS) is 12.0. The van der Waals surface area contributed by atoms with Gasteiger partial charge in [0, 0.05) is 6.07 Å². The number of carboxylic acid groups (broad SMARTS) is 1. The van der Waals surface area contributed by atoms with E-state index in [0.29, 0.717) is 0 Å². The Kier molecular flexibility index (Phi) is 3.74. The lowest BCUT2D eigenvalue weighted by Crippen LogP contribution is -2.13. The van der Waals surface area contributed by atoms with Gasteiger partial charge in [0.15, 0.2) is 29.2 Å². The van der Waals surface area contributed by atoms with Crippen molar-refractivity contribution in [3.05, 3.63) is 17.4 Å². The number of aliphatic hydroxyl groups excluding tert-OH is 1. The number of hydrogen-bond acceptors (Lipinski definition) is 5. The van der Waals surface area contributed by atoms with Crippen molar-refractivity contribution < 1.29 is 34.0 Å². The second-order valence-electron chi connectivity index (χ2n) is 3.10. The van der Waals surface area contributed by atoms with Crippen molar-refractivity contribution in [1.82, 2.24) is 0 Å². The van der Waals surface area contributed by atoms with E-state index in [4.69, 9.17) is 14.6 Å². The molecule has 0 bridgehead atoms. The Morgan fingerprint density at radius 1 is 1.41 bits per heavy atom. The molecule has 0 saturated carbocycles. The van der Waals surface area contributed by atoms with E-state index in [1.807, 2.05) is 0 Å². The predicted octanol–water partition coefficient (Wildman–Crippen LogP) is 0.666. The quantitative estimate of drug-likeness (QED) is 0.722. The van der Waals surface area contributed by atoms with E-state index >= 15 is 0 Å². The predicted molar refractivity (Wildman–Crippen MR) is 53.8 cm³/mol. The van der Waals surface area contributed by atoms with E-state index in [2.05, 4.69) is 0 Å². The Balaban J connectivity index is 3.53. The molecule has 0 saturated heterocycles. The maximum atomic E-state index is 13.3. The van der Waals surface area contributed by atoms with Crippen LogP contribution in [0.3, 0.4) is 0 Å². The fraction of sp³-hybridized carbons (Fsp3) is 0.300. The molecule has 1 aromatic rings. The lowest BCUT2D eigenvalue weighted by molar-refractivity contribution is -0.147. The number of aliphatic hydroxyl groups is 1. The van der Waals surface area contributed by atoms with Crippen LogP contribution in [0.25, 0.3) is 0 Å². The number of aliphatic carboxylic acids is 1. The van der Waals surface area contributed by atoms with E-state index < -0.39 is 29.2 Å². The van der Waals surface area contributed by atoms with Crippen molar-refractivity contribution in [2.45, 2.75) is 6.10 Å². The van der Waals surface area contributed by atoms with Gasteiger partial charge < -0.3 is 24.8 Å². The highest BCUT2D eigenvalue weighted by atomic mass is 19.1. The number of carboxylic acids is 1. The first kappa shape index (κ1) is 13.0. The molecule has 1 unspecified atom stereocenters. The molecule has 17 heavy (non-hydrogen) atoms. The van der Waals surface area contributed by atoms with E-state index in [9.17, 15) is 19.4 Å². The molecule has 7 heteroatoms. The van der Waals surface area contributed by atoms with E-state index in [1.54, 1.807) is 0 Å². The third-order valence-corrected chi connectivity index (χ3v) is 2.14. The monoisotopic (exact) mass is 246 g/mol. The Labute approximate surface area is 95.8 Å². The van der Waals surface area contributed by atoms with Gasteiger partial charge >= 0.3 is 5.97 Å². The van der Waals surface area contributed by atoms with Gasteiger partial charge in [-0.15, -0.1) is 0 Å². The minimum absolute atomic E-state index is 0.127. The lowest BCUT2D eigenvalue weighted by Gasteiger charge is -2.16. The third kappa shape index (κ3) is 2.23. The molecule has 0 heterocycles. The molecule has 0 aliphatic rings. The largest absolute Gasteiger partial charge is 0.504 e. The summed E-state index contributed by atoms with van der Waals surface area (Å²) in [6.07, 6.45) is -2.12. The summed E-state index contributed by atoms with van der Waals surface area (Å²) in [5.74, 6) is -4.11. The van der Waals surface area contributed by atoms with Crippen LogP contribution >= 0.6 is 0 Å². The van der Waals surface area contributed by atoms with Crippen molar-refractivity contribution in [2.24, 2.45) is 0 Å². The topological polar surface area (TPSA) is 96.2 Å². The molecular formula is C10H11FO6. The highest BCUT2D eigenvalue weighted by molar-refractivity contribution is 5.77. The average molecular weight is 246 g/mol. The lowest BCUT2D eigenvalue weighted by atomic mass is 10.1. The van der Waals surface area contributed by atoms with Gasteiger partial charge in [-0.05, 0) is 0 Å². The summed E-state index contributed by atoms with van der Waals surface area (Å²) >= 11 is 0. The zero-order chi connectivity index (χ0) is 13.2. The van der Waals surface area contributed by atoms with Crippen LogP contribution in [0, 0.1) is 5.82 Å². The van der Waals surface area contributed by atoms with Crippen LogP contribution in [0.1, 0.15) is 11.7 Å². The van der Waals surface area contributed by atoms with E-state index in [-0.39, 0.29) is 11.5 Å². The van der Waals surface area contributed by atoms with Gasteiger partial charge in [0.05, 0.1) is 19.8 Å². The number of phenolic OH excluding ortho intramolecular Hbond substituents is 1. The number of aromatic hydroxyl groups is 1.